The Morgan fingerprint density at radius 1 is 0.957 bits per heavy atom. The van der Waals surface area contributed by atoms with Crippen LogP contribution in [0.4, 0.5) is 11.4 Å². The molecule has 0 fully saturated rings. The van der Waals surface area contributed by atoms with Crippen molar-refractivity contribution in [1.82, 2.24) is 0 Å². The lowest BCUT2D eigenvalue weighted by atomic mass is 9.86. The van der Waals surface area contributed by atoms with E-state index in [1.165, 1.54) is 0 Å². The summed E-state index contributed by atoms with van der Waals surface area (Å²) in [5.74, 6) is 0.694. The molecular weight excluding hydrogens is 288 g/mol. The van der Waals surface area contributed by atoms with Crippen molar-refractivity contribution >= 4 is 17.3 Å². The highest BCUT2D eigenvalue weighted by Crippen LogP contribution is 2.40. The molecule has 1 atom stereocenters. The van der Waals surface area contributed by atoms with E-state index in [4.69, 9.17) is 4.42 Å². The highest BCUT2D eigenvalue weighted by molar-refractivity contribution is 6.07. The predicted octanol–water partition coefficient (Wildman–Crippen LogP) is 3.78. The third-order valence-corrected chi connectivity index (χ3v) is 4.17. The van der Waals surface area contributed by atoms with Crippen LogP contribution >= 0.6 is 0 Å². The summed E-state index contributed by atoms with van der Waals surface area (Å²) >= 11 is 0. The van der Waals surface area contributed by atoms with Gasteiger partial charge >= 0.3 is 0 Å². The molecule has 23 heavy (non-hydrogen) atoms. The molecule has 0 aliphatic carbocycles. The van der Waals surface area contributed by atoms with Crippen molar-refractivity contribution in [2.75, 3.05) is 10.6 Å². The number of hydrogen-bond donors (Lipinski definition) is 2. The monoisotopic (exact) mass is 304 g/mol. The number of nitrogens with one attached hydrogen (secondary N) is 2. The zero-order valence-electron chi connectivity index (χ0n) is 12.5. The molecule has 1 aromatic heterocycles. The van der Waals surface area contributed by atoms with Crippen LogP contribution in [0.1, 0.15) is 11.3 Å². The van der Waals surface area contributed by atoms with E-state index in [9.17, 15) is 4.79 Å². The maximum absolute atomic E-state index is 12.9. The lowest BCUT2D eigenvalue weighted by Crippen LogP contribution is -2.44. The average Bonchev–Trinajstić information content (AvgIpc) is 3.17. The maximum atomic E-state index is 12.9. The minimum absolute atomic E-state index is 0.0704. The van der Waals surface area contributed by atoms with E-state index in [1.807, 2.05) is 66.7 Å². The Hall–Kier alpha value is -3.01. The van der Waals surface area contributed by atoms with Gasteiger partial charge in [-0.2, -0.15) is 0 Å². The average molecular weight is 304 g/mol. The molecule has 0 bridgehead atoms. The molecule has 1 aliphatic heterocycles. The Morgan fingerprint density at radius 3 is 2.52 bits per heavy atom. The molecule has 4 nitrogen and oxygen atoms in total. The lowest BCUT2D eigenvalue weighted by Gasteiger charge is -2.29. The van der Waals surface area contributed by atoms with Crippen LogP contribution in [0, 0.1) is 0 Å². The topological polar surface area (TPSA) is 54.3 Å². The minimum Gasteiger partial charge on any atom is -0.469 e. The Kier molecular flexibility index (Phi) is 3.15. The highest BCUT2D eigenvalue weighted by Gasteiger charge is 2.47. The summed E-state index contributed by atoms with van der Waals surface area (Å²) in [5, 5.41) is 6.40. The number of carbonyl (C=O) groups excluding carboxylic acids is 1. The Bertz CT molecular complexity index is 828. The first-order valence-corrected chi connectivity index (χ1v) is 7.54. The highest BCUT2D eigenvalue weighted by atomic mass is 16.3. The summed E-state index contributed by atoms with van der Waals surface area (Å²) in [7, 11) is 0. The summed E-state index contributed by atoms with van der Waals surface area (Å²) in [6.07, 6.45) is 2.07. The number of hydrogen-bond acceptors (Lipinski definition) is 3. The zero-order valence-corrected chi connectivity index (χ0v) is 12.5. The van der Waals surface area contributed by atoms with Gasteiger partial charge in [0.2, 0.25) is 0 Å². The van der Waals surface area contributed by atoms with Crippen molar-refractivity contribution in [1.29, 1.82) is 0 Å². The number of para-hydroxylation sites is 2. The number of benzene rings is 2. The summed E-state index contributed by atoms with van der Waals surface area (Å²) in [6.45, 7) is 0. The first kappa shape index (κ1) is 13.6. The standard InChI is InChI=1S/C19H16N2O2/c22-18-19(13-15-9-6-12-23-15,21-14-7-2-1-3-8-14)16-10-4-5-11-17(16)20-18/h1-12,21H,13H2,(H,20,22)/t19-/m1/s1. The molecular formula is C19H16N2O2. The summed E-state index contributed by atoms with van der Waals surface area (Å²) in [6, 6.07) is 21.3. The summed E-state index contributed by atoms with van der Waals surface area (Å²) < 4.78 is 5.50. The Labute approximate surface area is 134 Å². The molecule has 114 valence electrons. The molecule has 0 radical (unpaired) electrons. The van der Waals surface area contributed by atoms with E-state index in [2.05, 4.69) is 10.6 Å². The summed E-state index contributed by atoms with van der Waals surface area (Å²) in [4.78, 5) is 12.9. The fourth-order valence-electron chi connectivity index (χ4n) is 3.10. The predicted molar refractivity (Wildman–Crippen MR) is 89.2 cm³/mol. The van der Waals surface area contributed by atoms with Crippen LogP contribution < -0.4 is 10.6 Å². The van der Waals surface area contributed by atoms with Crippen molar-refractivity contribution in [3.8, 4) is 0 Å². The molecule has 0 saturated heterocycles. The normalized spacial score (nSPS) is 19.2. The van der Waals surface area contributed by atoms with Crippen LogP contribution in [-0.2, 0) is 16.8 Å². The molecule has 1 aliphatic rings. The number of fused-ring (bicyclic) bond motifs is 1. The van der Waals surface area contributed by atoms with Gasteiger partial charge in [-0.05, 0) is 30.3 Å². The van der Waals surface area contributed by atoms with Gasteiger partial charge < -0.3 is 15.1 Å². The van der Waals surface area contributed by atoms with Gasteiger partial charge in [0.25, 0.3) is 5.91 Å². The fourth-order valence-corrected chi connectivity index (χ4v) is 3.10. The van der Waals surface area contributed by atoms with Gasteiger partial charge in [0, 0.05) is 23.4 Å². The number of furan rings is 1. The third kappa shape index (κ3) is 2.28. The number of amides is 1. The maximum Gasteiger partial charge on any atom is 0.255 e. The van der Waals surface area contributed by atoms with Crippen molar-refractivity contribution in [2.24, 2.45) is 0 Å². The number of carbonyl (C=O) groups is 1. The van der Waals surface area contributed by atoms with Crippen LogP contribution in [0.15, 0.2) is 77.4 Å². The molecule has 0 saturated carbocycles. The first-order valence-electron chi connectivity index (χ1n) is 7.54. The van der Waals surface area contributed by atoms with Crippen molar-refractivity contribution < 1.29 is 9.21 Å². The second-order valence-corrected chi connectivity index (χ2v) is 5.65. The molecule has 2 N–H and O–H groups in total. The lowest BCUT2D eigenvalue weighted by molar-refractivity contribution is -0.120. The van der Waals surface area contributed by atoms with Gasteiger partial charge in [-0.1, -0.05) is 36.4 Å². The van der Waals surface area contributed by atoms with Crippen LogP contribution in [0.5, 0.6) is 0 Å². The Morgan fingerprint density at radius 2 is 1.74 bits per heavy atom. The van der Waals surface area contributed by atoms with Crippen LogP contribution in [0.2, 0.25) is 0 Å². The SMILES string of the molecule is O=C1Nc2ccccc2[C@@]1(Cc1ccco1)Nc1ccccc1. The molecule has 2 heterocycles. The molecule has 4 rings (SSSR count). The second-order valence-electron chi connectivity index (χ2n) is 5.65. The second kappa shape index (κ2) is 5.32. The van der Waals surface area contributed by atoms with Gasteiger partial charge in [0.05, 0.1) is 6.26 Å². The fraction of sp³-hybridized carbons (Fsp3) is 0.105. The molecule has 2 aromatic carbocycles. The van der Waals surface area contributed by atoms with E-state index >= 15 is 0 Å². The minimum atomic E-state index is -0.879. The van der Waals surface area contributed by atoms with Crippen molar-refractivity contribution in [3.05, 3.63) is 84.3 Å². The van der Waals surface area contributed by atoms with Gasteiger partial charge in [-0.25, -0.2) is 0 Å². The van der Waals surface area contributed by atoms with Crippen LogP contribution in [0.25, 0.3) is 0 Å². The van der Waals surface area contributed by atoms with E-state index in [0.29, 0.717) is 6.42 Å². The Balaban J connectivity index is 1.82. The van der Waals surface area contributed by atoms with E-state index < -0.39 is 5.54 Å². The number of rotatable bonds is 4. The summed E-state index contributed by atoms with van der Waals surface area (Å²) in [5.41, 5.74) is 1.79. The molecule has 4 heteroatoms. The van der Waals surface area contributed by atoms with Crippen LogP contribution in [0.3, 0.4) is 0 Å². The van der Waals surface area contributed by atoms with Crippen molar-refractivity contribution in [3.63, 3.8) is 0 Å². The van der Waals surface area contributed by atoms with Gasteiger partial charge in [-0.3, -0.25) is 4.79 Å². The molecule has 0 spiro atoms. The smallest absolute Gasteiger partial charge is 0.255 e. The van der Waals surface area contributed by atoms with Gasteiger partial charge in [0.1, 0.15) is 5.76 Å². The quantitative estimate of drug-likeness (QED) is 0.771. The van der Waals surface area contributed by atoms with Crippen LogP contribution in [-0.4, -0.2) is 5.91 Å². The first-order chi connectivity index (χ1) is 11.3. The van der Waals surface area contributed by atoms with E-state index in [1.54, 1.807) is 6.26 Å². The largest absolute Gasteiger partial charge is 0.469 e. The van der Waals surface area contributed by atoms with E-state index in [0.717, 1.165) is 22.7 Å². The van der Waals surface area contributed by atoms with Gasteiger partial charge in [-0.15, -0.1) is 0 Å². The van der Waals surface area contributed by atoms with E-state index in [-0.39, 0.29) is 5.91 Å². The van der Waals surface area contributed by atoms with Crippen molar-refractivity contribution in [2.45, 2.75) is 12.0 Å². The molecule has 3 aromatic rings. The number of anilines is 2. The molecule has 0 unspecified atom stereocenters. The molecule has 1 amide bonds. The van der Waals surface area contributed by atoms with Gasteiger partial charge in [0.15, 0.2) is 5.54 Å². The third-order valence-electron chi connectivity index (χ3n) is 4.17. The zero-order chi connectivity index (χ0) is 15.7.